The van der Waals surface area contributed by atoms with E-state index in [1.54, 1.807) is 24.6 Å². The molecule has 4 heterocycles. The molecule has 1 aromatic carbocycles. The number of halogens is 2. The molecule has 0 fully saturated rings. The van der Waals surface area contributed by atoms with Gasteiger partial charge in [-0.15, -0.1) is 23.1 Å². The van der Waals surface area contributed by atoms with Crippen LogP contribution in [0.1, 0.15) is 16.0 Å². The Kier molecular flexibility index (Phi) is 5.28. The Morgan fingerprint density at radius 3 is 2.72 bits per heavy atom. The maximum absolute atomic E-state index is 14.2. The smallest absolute Gasteiger partial charge is 0.331 e. The van der Waals surface area contributed by atoms with Crippen LogP contribution in [0.5, 0.6) is 0 Å². The second-order valence-electron chi connectivity index (χ2n) is 7.61. The molecule has 2 unspecified atom stereocenters. The van der Waals surface area contributed by atoms with Crippen LogP contribution in [0.15, 0.2) is 39.2 Å². The molecular weight excluding hydrogens is 475 g/mol. The van der Waals surface area contributed by atoms with E-state index in [9.17, 15) is 19.1 Å². The van der Waals surface area contributed by atoms with E-state index >= 15 is 0 Å². The van der Waals surface area contributed by atoms with Gasteiger partial charge in [0.25, 0.3) is 5.56 Å². The molecule has 32 heavy (non-hydrogen) atoms. The molecule has 11 heteroatoms. The molecule has 1 aliphatic rings. The first-order valence-electron chi connectivity index (χ1n) is 9.77. The van der Waals surface area contributed by atoms with Crippen LogP contribution in [0.3, 0.4) is 0 Å². The van der Waals surface area contributed by atoms with E-state index in [0.29, 0.717) is 38.9 Å². The van der Waals surface area contributed by atoms with Gasteiger partial charge in [0, 0.05) is 36.8 Å². The Morgan fingerprint density at radius 2 is 2.06 bits per heavy atom. The fourth-order valence-corrected chi connectivity index (χ4v) is 6.81. The molecule has 2 atom stereocenters. The van der Waals surface area contributed by atoms with Crippen molar-refractivity contribution in [1.82, 2.24) is 18.7 Å². The van der Waals surface area contributed by atoms with Crippen LogP contribution in [0.25, 0.3) is 22.2 Å². The number of aliphatic hydroxyl groups is 1. The van der Waals surface area contributed by atoms with E-state index in [-0.39, 0.29) is 17.1 Å². The minimum Gasteiger partial charge on any atom is -0.395 e. The number of hydrogen-bond acceptors (Lipinski definition) is 6. The maximum atomic E-state index is 14.2. The Morgan fingerprint density at radius 1 is 1.28 bits per heavy atom. The Labute approximate surface area is 194 Å². The van der Waals surface area contributed by atoms with Gasteiger partial charge in [-0.05, 0) is 12.1 Å². The van der Waals surface area contributed by atoms with Gasteiger partial charge in [-0.3, -0.25) is 13.9 Å². The number of fused-ring (bicyclic) bond motifs is 3. The Balaban J connectivity index is 1.97. The van der Waals surface area contributed by atoms with Crippen LogP contribution in [0, 0.1) is 5.82 Å². The average molecular weight is 493 g/mol. The summed E-state index contributed by atoms with van der Waals surface area (Å²) in [5, 5.41) is 12.6. The molecular formula is C21H18ClFN4O3S2. The predicted octanol–water partition coefficient (Wildman–Crippen LogP) is 3.15. The second kappa shape index (κ2) is 7.87. The summed E-state index contributed by atoms with van der Waals surface area (Å²) in [6.07, 6.45) is 0. The van der Waals surface area contributed by atoms with Crippen molar-refractivity contribution < 1.29 is 9.50 Å². The van der Waals surface area contributed by atoms with Crippen molar-refractivity contribution in [3.63, 3.8) is 0 Å². The van der Waals surface area contributed by atoms with E-state index in [1.807, 2.05) is 4.57 Å². The number of aryl methyl sites for hydroxylation is 1. The van der Waals surface area contributed by atoms with E-state index in [0.717, 1.165) is 10.3 Å². The SMILES string of the molecule is Cn1c(=O)c2c(-c3cccc(F)c3)n3c(c2n(C)c1=O)C(c1nc(Cl)cs1)SC(CO)C3. The fourth-order valence-electron chi connectivity index (χ4n) is 4.30. The van der Waals surface area contributed by atoms with E-state index in [2.05, 4.69) is 4.98 Å². The third kappa shape index (κ3) is 3.16. The molecule has 3 aromatic heterocycles. The van der Waals surface area contributed by atoms with Crippen molar-refractivity contribution in [2.24, 2.45) is 14.1 Å². The highest BCUT2D eigenvalue weighted by molar-refractivity contribution is 8.00. The number of thiazole rings is 1. The standard InChI is InChI=1S/C21H18ClFN4O3S2/c1-25-16-14(20(29)26(2)21(25)30)15(10-4-3-5-11(23)6-10)27-7-12(8-28)32-18(17(16)27)19-24-13(22)9-31-19/h3-6,9,12,18,28H,7-8H2,1-2H3. The van der Waals surface area contributed by atoms with Gasteiger partial charge in [0.05, 0.1) is 34.1 Å². The van der Waals surface area contributed by atoms with Crippen molar-refractivity contribution >= 4 is 45.6 Å². The molecule has 0 radical (unpaired) electrons. The second-order valence-corrected chi connectivity index (χ2v) is 10.3. The lowest BCUT2D eigenvalue weighted by Gasteiger charge is -2.30. The van der Waals surface area contributed by atoms with E-state index in [4.69, 9.17) is 11.6 Å². The van der Waals surface area contributed by atoms with Crippen LogP contribution in [-0.2, 0) is 20.6 Å². The first kappa shape index (κ1) is 21.4. The Bertz CT molecular complexity index is 1490. The number of benzene rings is 1. The van der Waals surface area contributed by atoms with Crippen LogP contribution >= 0.6 is 34.7 Å². The van der Waals surface area contributed by atoms with Crippen molar-refractivity contribution in [2.75, 3.05) is 6.61 Å². The summed E-state index contributed by atoms with van der Waals surface area (Å²) < 4.78 is 18.6. The third-order valence-corrected chi connectivity index (χ3v) is 8.47. The van der Waals surface area contributed by atoms with Gasteiger partial charge >= 0.3 is 5.69 Å². The fraction of sp³-hybridized carbons (Fsp3) is 0.286. The number of aromatic nitrogens is 4. The van der Waals surface area contributed by atoms with E-state index < -0.39 is 17.1 Å². The van der Waals surface area contributed by atoms with Crippen molar-refractivity contribution in [3.05, 3.63) is 72.2 Å². The van der Waals surface area contributed by atoms with Gasteiger partial charge < -0.3 is 9.67 Å². The average Bonchev–Trinajstić information content (AvgIpc) is 3.37. The molecule has 1 N–H and O–H groups in total. The zero-order valence-corrected chi connectivity index (χ0v) is 19.5. The molecule has 0 bridgehead atoms. The van der Waals surface area contributed by atoms with Crippen LogP contribution < -0.4 is 11.2 Å². The molecule has 7 nitrogen and oxygen atoms in total. The number of aliphatic hydroxyl groups excluding tert-OH is 1. The number of hydrogen-bond donors (Lipinski definition) is 1. The van der Waals surface area contributed by atoms with Crippen molar-refractivity contribution in [3.8, 4) is 11.3 Å². The van der Waals surface area contributed by atoms with Crippen molar-refractivity contribution in [2.45, 2.75) is 17.0 Å². The lowest BCUT2D eigenvalue weighted by atomic mass is 10.1. The highest BCUT2D eigenvalue weighted by Gasteiger charge is 2.37. The highest BCUT2D eigenvalue weighted by atomic mass is 35.5. The minimum absolute atomic E-state index is 0.0895. The quantitative estimate of drug-likeness (QED) is 0.475. The summed E-state index contributed by atoms with van der Waals surface area (Å²) in [6, 6.07) is 6.03. The maximum Gasteiger partial charge on any atom is 0.331 e. The molecule has 0 saturated carbocycles. The molecule has 1 aliphatic heterocycles. The Hall–Kier alpha value is -2.40. The first-order chi connectivity index (χ1) is 15.3. The molecule has 0 amide bonds. The molecule has 0 aliphatic carbocycles. The monoisotopic (exact) mass is 492 g/mol. The van der Waals surface area contributed by atoms with Gasteiger partial charge in [0.2, 0.25) is 0 Å². The lowest BCUT2D eigenvalue weighted by Crippen LogP contribution is -2.37. The number of nitrogens with zero attached hydrogens (tertiary/aromatic N) is 4. The van der Waals surface area contributed by atoms with Crippen LogP contribution in [0.2, 0.25) is 5.15 Å². The normalized spacial score (nSPS) is 18.3. The molecule has 166 valence electrons. The zero-order chi connectivity index (χ0) is 22.7. The third-order valence-electron chi connectivity index (χ3n) is 5.69. The van der Waals surface area contributed by atoms with Crippen LogP contribution in [0.4, 0.5) is 4.39 Å². The minimum atomic E-state index is -0.453. The summed E-state index contributed by atoms with van der Waals surface area (Å²) in [5.41, 5.74) is 1.35. The van der Waals surface area contributed by atoms with Gasteiger partial charge in [-0.25, -0.2) is 14.2 Å². The number of thioether (sulfide) groups is 1. The summed E-state index contributed by atoms with van der Waals surface area (Å²) in [7, 11) is 3.05. The highest BCUT2D eigenvalue weighted by Crippen LogP contribution is 2.49. The van der Waals surface area contributed by atoms with Crippen molar-refractivity contribution in [1.29, 1.82) is 0 Å². The van der Waals surface area contributed by atoms with E-state index in [1.165, 1.54) is 46.8 Å². The van der Waals surface area contributed by atoms with Crippen LogP contribution in [-0.4, -0.2) is 35.6 Å². The first-order valence-corrected chi connectivity index (χ1v) is 12.0. The summed E-state index contributed by atoms with van der Waals surface area (Å²) in [4.78, 5) is 30.6. The van der Waals surface area contributed by atoms with Gasteiger partial charge in [0.1, 0.15) is 16.0 Å². The zero-order valence-electron chi connectivity index (χ0n) is 17.1. The van der Waals surface area contributed by atoms with Gasteiger partial charge in [-0.1, -0.05) is 23.7 Å². The summed E-state index contributed by atoms with van der Waals surface area (Å²) in [5.74, 6) is -0.431. The topological polar surface area (TPSA) is 82.0 Å². The van der Waals surface area contributed by atoms with Gasteiger partial charge in [-0.2, -0.15) is 0 Å². The molecule has 4 aromatic rings. The molecule has 0 saturated heterocycles. The predicted molar refractivity (Wildman–Crippen MR) is 125 cm³/mol. The molecule has 5 rings (SSSR count). The molecule has 0 spiro atoms. The lowest BCUT2D eigenvalue weighted by molar-refractivity contribution is 0.284. The largest absolute Gasteiger partial charge is 0.395 e. The summed E-state index contributed by atoms with van der Waals surface area (Å²) in [6.45, 7) is 0.303. The summed E-state index contributed by atoms with van der Waals surface area (Å²) >= 11 is 8.99. The van der Waals surface area contributed by atoms with Gasteiger partial charge in [0.15, 0.2) is 0 Å². The number of rotatable bonds is 3.